The monoisotopic (exact) mass is 287 g/mol. The molecule has 0 radical (unpaired) electrons. The van der Waals surface area contributed by atoms with Crippen LogP contribution in [0.2, 0.25) is 0 Å². The summed E-state index contributed by atoms with van der Waals surface area (Å²) in [4.78, 5) is 26.4. The number of fused-ring (bicyclic) bond motifs is 1. The molecule has 0 saturated heterocycles. The van der Waals surface area contributed by atoms with Crippen LogP contribution in [0.3, 0.4) is 0 Å². The fourth-order valence-electron chi connectivity index (χ4n) is 2.90. The Morgan fingerprint density at radius 2 is 2.19 bits per heavy atom. The Morgan fingerprint density at radius 3 is 2.71 bits per heavy atom. The quantitative estimate of drug-likeness (QED) is 0.906. The maximum Gasteiger partial charge on any atom is 0.341 e. The van der Waals surface area contributed by atoms with Crippen molar-refractivity contribution in [1.29, 1.82) is 0 Å². The Balaban J connectivity index is 2.40. The summed E-state index contributed by atoms with van der Waals surface area (Å²) >= 11 is 0. The number of H-pyrrole nitrogens is 1. The van der Waals surface area contributed by atoms with Crippen LogP contribution in [-0.2, 0) is 6.42 Å². The third-order valence-corrected chi connectivity index (χ3v) is 4.07. The largest absolute Gasteiger partial charge is 0.494 e. The van der Waals surface area contributed by atoms with Gasteiger partial charge in [-0.1, -0.05) is 6.92 Å². The highest BCUT2D eigenvalue weighted by molar-refractivity contribution is 5.95. The predicted molar refractivity (Wildman–Crippen MR) is 79.4 cm³/mol. The lowest BCUT2D eigenvalue weighted by atomic mass is 9.96. The number of pyridine rings is 1. The minimum absolute atomic E-state index is 0.240. The number of aromatic carboxylic acids is 1. The first kappa shape index (κ1) is 13.7. The van der Waals surface area contributed by atoms with Crippen molar-refractivity contribution in [3.05, 3.63) is 39.2 Å². The number of nitrogens with one attached hydrogen (secondary N) is 1. The summed E-state index contributed by atoms with van der Waals surface area (Å²) in [6.07, 6.45) is 4.27. The fourth-order valence-corrected chi connectivity index (χ4v) is 2.90. The normalized spacial score (nSPS) is 14.4. The van der Waals surface area contributed by atoms with Crippen molar-refractivity contribution in [2.45, 2.75) is 32.1 Å². The van der Waals surface area contributed by atoms with Crippen molar-refractivity contribution in [3.63, 3.8) is 0 Å². The van der Waals surface area contributed by atoms with Crippen LogP contribution < -0.4 is 10.2 Å². The number of hydrogen-bond acceptors (Lipinski definition) is 3. The van der Waals surface area contributed by atoms with Gasteiger partial charge in [0.05, 0.1) is 18.0 Å². The number of carbonyl (C=O) groups is 1. The number of benzene rings is 1. The molecule has 0 atom stereocenters. The lowest BCUT2D eigenvalue weighted by molar-refractivity contribution is 0.0695. The third kappa shape index (κ3) is 2.09. The van der Waals surface area contributed by atoms with Crippen LogP contribution in [0.5, 0.6) is 5.75 Å². The van der Waals surface area contributed by atoms with Gasteiger partial charge >= 0.3 is 5.97 Å². The summed E-state index contributed by atoms with van der Waals surface area (Å²) in [7, 11) is 1.58. The molecule has 5 heteroatoms. The van der Waals surface area contributed by atoms with E-state index in [2.05, 4.69) is 11.9 Å². The molecule has 1 saturated carbocycles. The van der Waals surface area contributed by atoms with E-state index in [1.807, 2.05) is 6.07 Å². The van der Waals surface area contributed by atoms with E-state index in [9.17, 15) is 9.59 Å². The average Bonchev–Trinajstić information content (AvgIpc) is 3.29. The summed E-state index contributed by atoms with van der Waals surface area (Å²) in [5.41, 5.74) is 2.10. The van der Waals surface area contributed by atoms with E-state index in [4.69, 9.17) is 9.84 Å². The molecule has 1 aromatic carbocycles. The zero-order valence-corrected chi connectivity index (χ0v) is 12.0. The van der Waals surface area contributed by atoms with Crippen LogP contribution in [0.15, 0.2) is 17.1 Å². The number of rotatable bonds is 4. The number of carboxylic acid groups (broad SMARTS) is 1. The first-order valence-corrected chi connectivity index (χ1v) is 7.06. The molecular weight excluding hydrogens is 270 g/mol. The molecule has 1 aromatic heterocycles. The van der Waals surface area contributed by atoms with E-state index in [0.29, 0.717) is 22.6 Å². The number of methoxy groups -OCH3 is 1. The second-order valence-electron chi connectivity index (χ2n) is 5.36. The van der Waals surface area contributed by atoms with E-state index in [0.717, 1.165) is 30.4 Å². The molecule has 0 spiro atoms. The number of hydrogen-bond donors (Lipinski definition) is 2. The average molecular weight is 287 g/mol. The van der Waals surface area contributed by atoms with Crippen molar-refractivity contribution < 1.29 is 14.6 Å². The van der Waals surface area contributed by atoms with Gasteiger partial charge in [0.1, 0.15) is 11.3 Å². The summed E-state index contributed by atoms with van der Waals surface area (Å²) in [5, 5.41) is 9.49. The zero-order chi connectivity index (χ0) is 15.1. The maximum absolute atomic E-state index is 12.4. The van der Waals surface area contributed by atoms with Gasteiger partial charge in [-0.05, 0) is 42.4 Å². The Kier molecular flexibility index (Phi) is 3.20. The molecule has 0 bridgehead atoms. The van der Waals surface area contributed by atoms with E-state index in [1.54, 1.807) is 7.11 Å². The molecule has 0 amide bonds. The molecule has 1 heterocycles. The van der Waals surface area contributed by atoms with E-state index >= 15 is 0 Å². The minimum Gasteiger partial charge on any atom is -0.494 e. The summed E-state index contributed by atoms with van der Waals surface area (Å²) in [6.45, 7) is 2.05. The minimum atomic E-state index is -1.22. The van der Waals surface area contributed by atoms with Gasteiger partial charge in [0.25, 0.3) is 0 Å². The molecule has 3 rings (SSSR count). The number of aromatic nitrogens is 1. The van der Waals surface area contributed by atoms with Crippen molar-refractivity contribution in [2.75, 3.05) is 7.11 Å². The standard InChI is InChI=1S/C16H17NO4/c1-3-9-10(8-4-5-8)6-11-13(15(9)21-2)17-7-12(14(11)18)16(19)20/h6-8H,3-5H2,1-2H3,(H,17,18)(H,19,20). The van der Waals surface area contributed by atoms with Gasteiger partial charge in [0, 0.05) is 6.20 Å². The Morgan fingerprint density at radius 1 is 1.48 bits per heavy atom. The van der Waals surface area contributed by atoms with Crippen LogP contribution in [-0.4, -0.2) is 23.2 Å². The maximum atomic E-state index is 12.4. The van der Waals surface area contributed by atoms with Crippen molar-refractivity contribution in [2.24, 2.45) is 0 Å². The van der Waals surface area contributed by atoms with Gasteiger partial charge in [-0.15, -0.1) is 0 Å². The van der Waals surface area contributed by atoms with E-state index in [1.165, 1.54) is 6.20 Å². The van der Waals surface area contributed by atoms with Gasteiger partial charge in [0.15, 0.2) is 0 Å². The van der Waals surface area contributed by atoms with E-state index in [-0.39, 0.29) is 5.56 Å². The molecule has 1 aliphatic rings. The predicted octanol–water partition coefficient (Wildman–Crippen LogP) is 2.67. The number of ether oxygens (including phenoxy) is 1. The Bertz CT molecular complexity index is 787. The van der Waals surface area contributed by atoms with Crippen LogP contribution in [0.25, 0.3) is 10.9 Å². The van der Waals surface area contributed by atoms with Crippen LogP contribution in [0, 0.1) is 0 Å². The number of carboxylic acids is 1. The highest BCUT2D eigenvalue weighted by Gasteiger charge is 2.29. The molecule has 21 heavy (non-hydrogen) atoms. The fraction of sp³-hybridized carbons (Fsp3) is 0.375. The van der Waals surface area contributed by atoms with Gasteiger partial charge in [-0.2, -0.15) is 0 Å². The molecule has 110 valence electrons. The zero-order valence-electron chi connectivity index (χ0n) is 12.0. The molecule has 5 nitrogen and oxygen atoms in total. The molecule has 0 aliphatic heterocycles. The van der Waals surface area contributed by atoms with Crippen LogP contribution >= 0.6 is 0 Å². The lowest BCUT2D eigenvalue weighted by Gasteiger charge is -2.15. The number of aromatic amines is 1. The molecule has 1 aliphatic carbocycles. The van der Waals surface area contributed by atoms with Crippen molar-refractivity contribution >= 4 is 16.9 Å². The summed E-state index contributed by atoms with van der Waals surface area (Å²) < 4.78 is 5.51. The van der Waals surface area contributed by atoms with Gasteiger partial charge in [0.2, 0.25) is 5.43 Å². The van der Waals surface area contributed by atoms with Gasteiger partial charge in [-0.25, -0.2) is 4.79 Å². The first-order chi connectivity index (χ1) is 10.1. The lowest BCUT2D eigenvalue weighted by Crippen LogP contribution is -2.16. The van der Waals surface area contributed by atoms with Crippen LogP contribution in [0.4, 0.5) is 0 Å². The van der Waals surface area contributed by atoms with Gasteiger partial charge < -0.3 is 14.8 Å². The molecule has 2 aromatic rings. The molecule has 1 fully saturated rings. The smallest absolute Gasteiger partial charge is 0.341 e. The summed E-state index contributed by atoms with van der Waals surface area (Å²) in [5.74, 6) is -0.0956. The highest BCUT2D eigenvalue weighted by Crippen LogP contribution is 2.45. The third-order valence-electron chi connectivity index (χ3n) is 4.07. The molecule has 2 N–H and O–H groups in total. The second-order valence-corrected chi connectivity index (χ2v) is 5.36. The Hall–Kier alpha value is -2.30. The first-order valence-electron chi connectivity index (χ1n) is 7.06. The SMILES string of the molecule is CCc1c(C2CC2)cc2c(=O)c(C(=O)O)c[nH]c2c1OC. The Labute approximate surface area is 121 Å². The van der Waals surface area contributed by atoms with Gasteiger partial charge in [-0.3, -0.25) is 4.79 Å². The second kappa shape index (κ2) is 4.91. The van der Waals surface area contributed by atoms with Crippen LogP contribution in [0.1, 0.15) is 47.2 Å². The molecular formula is C16H17NO4. The van der Waals surface area contributed by atoms with E-state index < -0.39 is 11.4 Å². The topological polar surface area (TPSA) is 79.4 Å². The highest BCUT2D eigenvalue weighted by atomic mass is 16.5. The van der Waals surface area contributed by atoms with Crippen molar-refractivity contribution in [1.82, 2.24) is 4.98 Å². The van der Waals surface area contributed by atoms with Crippen molar-refractivity contribution in [3.8, 4) is 5.75 Å². The summed E-state index contributed by atoms with van der Waals surface area (Å²) in [6, 6.07) is 1.85. The molecule has 0 unspecified atom stereocenters.